The summed E-state index contributed by atoms with van der Waals surface area (Å²) < 4.78 is 0. The summed E-state index contributed by atoms with van der Waals surface area (Å²) >= 11 is 0. The number of rotatable bonds is 6. The van der Waals surface area contributed by atoms with Gasteiger partial charge >= 0.3 is 0 Å². The predicted molar refractivity (Wildman–Crippen MR) is 193 cm³/mol. The average molecular weight is 606 g/mol. The fourth-order valence-corrected chi connectivity index (χ4v) is 6.59. The topological polar surface area (TPSA) is 40.5 Å². The number of fused-ring (bicyclic) bond motifs is 2. The van der Waals surface area contributed by atoms with Crippen molar-refractivity contribution < 1.29 is 9.90 Å². The maximum Gasteiger partial charge on any atom is 0.192 e. The Balaban J connectivity index is 1.21. The van der Waals surface area contributed by atoms with Crippen molar-refractivity contribution in [1.82, 2.24) is 0 Å². The number of aliphatic hydroxyl groups excluding tert-OH is 1. The van der Waals surface area contributed by atoms with Gasteiger partial charge in [-0.15, -0.1) is 0 Å². The van der Waals surface area contributed by atoms with E-state index in [4.69, 9.17) is 0 Å². The van der Waals surface area contributed by atoms with Gasteiger partial charge in [0.15, 0.2) is 5.78 Å². The van der Waals surface area contributed by atoms with Gasteiger partial charge in [-0.05, 0) is 81.1 Å². The molecule has 0 fully saturated rings. The lowest BCUT2D eigenvalue weighted by Crippen LogP contribution is -2.11. The van der Waals surface area contributed by atoms with E-state index in [1.54, 1.807) is 6.07 Å². The van der Waals surface area contributed by atoms with Gasteiger partial charge in [0.25, 0.3) is 0 Å². The fraction of sp³-hybridized carbons (Fsp3) is 0.0227. The van der Waals surface area contributed by atoms with Crippen molar-refractivity contribution in [1.29, 1.82) is 0 Å². The highest BCUT2D eigenvalue weighted by Gasteiger charge is 2.32. The van der Waals surface area contributed by atoms with Gasteiger partial charge in [0.1, 0.15) is 6.10 Å². The Kier molecular flexibility index (Phi) is 7.29. The number of aliphatic hydroxyl groups is 1. The molecule has 1 atom stereocenters. The van der Waals surface area contributed by atoms with Crippen LogP contribution in [0, 0.1) is 0 Å². The molecule has 0 heterocycles. The van der Waals surface area contributed by atoms with Crippen LogP contribution in [0.3, 0.4) is 0 Å². The molecule has 0 aliphatic heterocycles. The highest BCUT2D eigenvalue weighted by molar-refractivity contribution is 6.16. The summed E-state index contributed by atoms with van der Waals surface area (Å²) in [4.78, 5) is 15.4. The van der Waals surface area contributed by atoms with Crippen LogP contribution in [0.2, 0.25) is 0 Å². The third kappa shape index (κ3) is 5.33. The van der Waals surface area contributed by atoms with Crippen LogP contribution in [-0.2, 0) is 0 Å². The minimum atomic E-state index is -0.914. The Morgan fingerprint density at radius 3 is 1.83 bits per heavy atom. The Morgan fingerprint density at radius 2 is 1.09 bits per heavy atom. The molecule has 1 unspecified atom stereocenters. The first-order valence-electron chi connectivity index (χ1n) is 15.8. The van der Waals surface area contributed by atoms with Gasteiger partial charge in [0.05, 0.1) is 5.69 Å². The van der Waals surface area contributed by atoms with Crippen LogP contribution in [0.4, 0.5) is 17.1 Å². The van der Waals surface area contributed by atoms with Gasteiger partial charge in [-0.1, -0.05) is 133 Å². The van der Waals surface area contributed by atoms with E-state index in [9.17, 15) is 9.90 Å². The second-order valence-electron chi connectivity index (χ2n) is 11.8. The Bertz CT molecular complexity index is 2270. The van der Waals surface area contributed by atoms with Crippen LogP contribution >= 0.6 is 0 Å². The summed E-state index contributed by atoms with van der Waals surface area (Å²) in [6, 6.07) is 58.1. The van der Waals surface area contributed by atoms with E-state index in [1.807, 2.05) is 42.5 Å². The Hall–Kier alpha value is -6.03. The largest absolute Gasteiger partial charge is 0.383 e. The highest BCUT2D eigenvalue weighted by atomic mass is 16.3. The zero-order chi connectivity index (χ0) is 31.7. The Labute approximate surface area is 274 Å². The molecular formula is C44H31NO2. The molecule has 0 aromatic heterocycles. The van der Waals surface area contributed by atoms with Gasteiger partial charge in [0.2, 0.25) is 0 Å². The molecule has 0 bridgehead atoms. The number of carbonyl (C=O) groups is 1. The van der Waals surface area contributed by atoms with E-state index in [1.165, 1.54) is 11.1 Å². The lowest BCUT2D eigenvalue weighted by Gasteiger charge is -2.28. The molecule has 1 aliphatic carbocycles. The van der Waals surface area contributed by atoms with E-state index in [-0.39, 0.29) is 5.78 Å². The molecule has 7 aromatic rings. The molecule has 0 saturated carbocycles. The minimum absolute atomic E-state index is 0.116. The van der Waals surface area contributed by atoms with E-state index in [2.05, 4.69) is 132 Å². The number of anilines is 3. The summed E-state index contributed by atoms with van der Waals surface area (Å²) in [5, 5.41) is 13.0. The van der Waals surface area contributed by atoms with E-state index in [0.29, 0.717) is 16.7 Å². The second-order valence-corrected chi connectivity index (χ2v) is 11.8. The van der Waals surface area contributed by atoms with E-state index >= 15 is 0 Å². The number of para-hydroxylation sites is 1. The van der Waals surface area contributed by atoms with E-state index in [0.717, 1.165) is 44.5 Å². The van der Waals surface area contributed by atoms with Crippen LogP contribution in [0.5, 0.6) is 0 Å². The van der Waals surface area contributed by atoms with Crippen LogP contribution < -0.4 is 4.90 Å². The van der Waals surface area contributed by atoms with Gasteiger partial charge < -0.3 is 10.0 Å². The first kappa shape index (κ1) is 28.4. The fourth-order valence-electron chi connectivity index (χ4n) is 6.59. The molecule has 3 nitrogen and oxygen atoms in total. The standard InChI is InChI=1S/C44H31NO2/c46-43-39-16-7-8-17-40(39)44(47)41(43)28-30-19-20-35-29-37(26-23-34(35)27-30)45(36-24-21-32(22-25-36)31-11-3-1-4-12-31)42-18-10-9-15-38(42)33-13-5-2-6-14-33/h1-29,43,46H. The molecular weight excluding hydrogens is 574 g/mol. The second kappa shape index (κ2) is 12.1. The first-order valence-corrected chi connectivity index (χ1v) is 15.8. The van der Waals surface area contributed by atoms with E-state index < -0.39 is 6.10 Å². The molecule has 224 valence electrons. The number of carbonyl (C=O) groups excluding carboxylic acids is 1. The molecule has 0 saturated heterocycles. The van der Waals surface area contributed by atoms with Crippen molar-refractivity contribution in [3.63, 3.8) is 0 Å². The van der Waals surface area contributed by atoms with Gasteiger partial charge in [-0.3, -0.25) is 4.79 Å². The summed E-state index contributed by atoms with van der Waals surface area (Å²) in [7, 11) is 0. The Morgan fingerprint density at radius 1 is 0.511 bits per heavy atom. The average Bonchev–Trinajstić information content (AvgIpc) is 3.37. The minimum Gasteiger partial charge on any atom is -0.383 e. The lowest BCUT2D eigenvalue weighted by molar-refractivity contribution is 0.102. The number of benzene rings is 7. The third-order valence-electron chi connectivity index (χ3n) is 8.95. The molecule has 3 heteroatoms. The summed E-state index contributed by atoms with van der Waals surface area (Å²) in [5.74, 6) is -0.116. The van der Waals surface area contributed by atoms with Crippen molar-refractivity contribution in [2.24, 2.45) is 0 Å². The zero-order valence-electron chi connectivity index (χ0n) is 25.6. The summed E-state index contributed by atoms with van der Waals surface area (Å²) in [5.41, 5.74) is 10.3. The van der Waals surface area contributed by atoms with Crippen molar-refractivity contribution in [3.05, 3.63) is 192 Å². The smallest absolute Gasteiger partial charge is 0.192 e. The molecule has 0 amide bonds. The summed E-state index contributed by atoms with van der Waals surface area (Å²) in [6.07, 6.45) is 0.903. The van der Waals surface area contributed by atoms with Crippen molar-refractivity contribution in [2.45, 2.75) is 6.10 Å². The van der Waals surface area contributed by atoms with Crippen LogP contribution in [-0.4, -0.2) is 10.9 Å². The molecule has 0 radical (unpaired) electrons. The quantitative estimate of drug-likeness (QED) is 0.192. The highest BCUT2D eigenvalue weighted by Crippen LogP contribution is 2.42. The SMILES string of the molecule is O=C1C(=Cc2ccc3cc(N(c4ccc(-c5ccccc5)cc4)c4ccccc4-c4ccccc4)ccc3c2)C(O)c2ccccc21. The van der Waals surface area contributed by atoms with Gasteiger partial charge in [-0.25, -0.2) is 0 Å². The predicted octanol–water partition coefficient (Wildman–Crippen LogP) is 11.0. The number of hydrogen-bond donors (Lipinski definition) is 1. The molecule has 0 spiro atoms. The van der Waals surface area contributed by atoms with Crippen LogP contribution in [0.15, 0.2) is 175 Å². The molecule has 47 heavy (non-hydrogen) atoms. The van der Waals surface area contributed by atoms with Gasteiger partial charge in [0, 0.05) is 28.1 Å². The van der Waals surface area contributed by atoms with Crippen molar-refractivity contribution in [3.8, 4) is 22.3 Å². The summed E-state index contributed by atoms with van der Waals surface area (Å²) in [6.45, 7) is 0. The zero-order valence-corrected chi connectivity index (χ0v) is 25.6. The van der Waals surface area contributed by atoms with Crippen LogP contribution in [0.1, 0.15) is 27.6 Å². The monoisotopic (exact) mass is 605 g/mol. The number of Topliss-reactive ketones (excluding diaryl/α,β-unsaturated/α-hetero) is 1. The third-order valence-corrected chi connectivity index (χ3v) is 8.95. The first-order chi connectivity index (χ1) is 23.1. The van der Waals surface area contributed by atoms with Crippen LogP contribution in [0.25, 0.3) is 39.1 Å². The maximum absolute atomic E-state index is 13.1. The van der Waals surface area contributed by atoms with Crippen molar-refractivity contribution >= 4 is 39.7 Å². The maximum atomic E-state index is 13.1. The molecule has 1 N–H and O–H groups in total. The molecule has 1 aliphatic rings. The molecule has 8 rings (SSSR count). The number of ketones is 1. The normalized spacial score (nSPS) is 14.8. The van der Waals surface area contributed by atoms with Crippen molar-refractivity contribution in [2.75, 3.05) is 4.90 Å². The van der Waals surface area contributed by atoms with Gasteiger partial charge in [-0.2, -0.15) is 0 Å². The molecule has 7 aromatic carbocycles. The number of hydrogen-bond acceptors (Lipinski definition) is 3. The lowest BCUT2D eigenvalue weighted by atomic mass is 9.99. The number of nitrogens with zero attached hydrogens (tertiary/aromatic N) is 1.